The number of carbonyl (C=O) groups excluding carboxylic acids is 1. The Bertz CT molecular complexity index is 909. The first kappa shape index (κ1) is 20.4. The minimum Gasteiger partial charge on any atom is -0.489 e. The molecule has 0 aliphatic carbocycles. The summed E-state index contributed by atoms with van der Waals surface area (Å²) >= 11 is 0. The van der Waals surface area contributed by atoms with Gasteiger partial charge < -0.3 is 15.4 Å². The number of carbonyl (C=O) groups is 1. The summed E-state index contributed by atoms with van der Waals surface area (Å²) in [5.74, 6) is 1.20. The van der Waals surface area contributed by atoms with E-state index >= 15 is 0 Å². The SMILES string of the molecule is CC(C)Oc1ccccc1NC(=O)c1ccc(NCCCc2ccccc2)nc1. The van der Waals surface area contributed by atoms with Gasteiger partial charge in [0.15, 0.2) is 0 Å². The maximum absolute atomic E-state index is 12.6. The zero-order valence-electron chi connectivity index (χ0n) is 16.9. The molecule has 150 valence electrons. The van der Waals surface area contributed by atoms with Crippen LogP contribution >= 0.6 is 0 Å². The number of ether oxygens (including phenoxy) is 1. The highest BCUT2D eigenvalue weighted by atomic mass is 16.5. The molecule has 0 radical (unpaired) electrons. The van der Waals surface area contributed by atoms with Crippen LogP contribution < -0.4 is 15.4 Å². The molecular weight excluding hydrogens is 362 g/mol. The molecule has 3 aromatic rings. The van der Waals surface area contributed by atoms with Gasteiger partial charge in [0.25, 0.3) is 5.91 Å². The molecule has 1 amide bonds. The zero-order chi connectivity index (χ0) is 20.5. The number of para-hydroxylation sites is 2. The van der Waals surface area contributed by atoms with Gasteiger partial charge in [0.05, 0.1) is 17.4 Å². The lowest BCUT2D eigenvalue weighted by Crippen LogP contribution is -2.15. The minimum absolute atomic E-state index is 0.0296. The number of anilines is 2. The topological polar surface area (TPSA) is 63.2 Å². The predicted octanol–water partition coefficient (Wildman–Crippen LogP) is 5.17. The third-order valence-corrected chi connectivity index (χ3v) is 4.31. The van der Waals surface area contributed by atoms with Gasteiger partial charge in [-0.3, -0.25) is 4.79 Å². The Morgan fingerprint density at radius 3 is 2.48 bits per heavy atom. The first-order valence-electron chi connectivity index (χ1n) is 9.92. The van der Waals surface area contributed by atoms with Gasteiger partial charge in [0, 0.05) is 12.7 Å². The quantitative estimate of drug-likeness (QED) is 0.496. The third kappa shape index (κ3) is 6.35. The summed E-state index contributed by atoms with van der Waals surface area (Å²) < 4.78 is 5.75. The Kier molecular flexibility index (Phi) is 7.22. The van der Waals surface area contributed by atoms with Crippen LogP contribution in [0.5, 0.6) is 5.75 Å². The highest BCUT2D eigenvalue weighted by molar-refractivity contribution is 6.04. The van der Waals surface area contributed by atoms with Crippen LogP contribution in [0.1, 0.15) is 36.2 Å². The normalized spacial score (nSPS) is 10.6. The molecule has 0 fully saturated rings. The summed E-state index contributed by atoms with van der Waals surface area (Å²) in [6.45, 7) is 4.73. The van der Waals surface area contributed by atoms with Crippen molar-refractivity contribution in [1.82, 2.24) is 4.98 Å². The van der Waals surface area contributed by atoms with Gasteiger partial charge in [-0.05, 0) is 56.5 Å². The van der Waals surface area contributed by atoms with Gasteiger partial charge >= 0.3 is 0 Å². The van der Waals surface area contributed by atoms with E-state index < -0.39 is 0 Å². The maximum Gasteiger partial charge on any atom is 0.257 e. The first-order chi connectivity index (χ1) is 14.1. The molecule has 1 heterocycles. The van der Waals surface area contributed by atoms with Crippen molar-refractivity contribution in [3.8, 4) is 5.75 Å². The molecule has 0 aliphatic rings. The number of rotatable bonds is 9. The Morgan fingerprint density at radius 2 is 1.76 bits per heavy atom. The molecule has 0 aliphatic heterocycles. The summed E-state index contributed by atoms with van der Waals surface area (Å²) in [5.41, 5.74) is 2.48. The fourth-order valence-corrected chi connectivity index (χ4v) is 2.91. The number of amides is 1. The fourth-order valence-electron chi connectivity index (χ4n) is 2.91. The van der Waals surface area contributed by atoms with Crippen molar-refractivity contribution < 1.29 is 9.53 Å². The molecule has 29 heavy (non-hydrogen) atoms. The highest BCUT2D eigenvalue weighted by Crippen LogP contribution is 2.25. The van der Waals surface area contributed by atoms with Crippen LogP contribution in [0.15, 0.2) is 72.9 Å². The smallest absolute Gasteiger partial charge is 0.257 e. The highest BCUT2D eigenvalue weighted by Gasteiger charge is 2.11. The molecule has 0 atom stereocenters. The summed E-state index contributed by atoms with van der Waals surface area (Å²) in [4.78, 5) is 16.9. The second-order valence-electron chi connectivity index (χ2n) is 7.06. The van der Waals surface area contributed by atoms with E-state index in [0.29, 0.717) is 17.0 Å². The van der Waals surface area contributed by atoms with Gasteiger partial charge in [-0.15, -0.1) is 0 Å². The second kappa shape index (κ2) is 10.3. The van der Waals surface area contributed by atoms with Crippen molar-refractivity contribution >= 4 is 17.4 Å². The summed E-state index contributed by atoms with van der Waals surface area (Å²) in [5, 5.41) is 6.20. The van der Waals surface area contributed by atoms with Crippen LogP contribution in [0.3, 0.4) is 0 Å². The van der Waals surface area contributed by atoms with Crippen molar-refractivity contribution in [2.45, 2.75) is 32.8 Å². The molecule has 2 aromatic carbocycles. The van der Waals surface area contributed by atoms with Gasteiger partial charge in [-0.1, -0.05) is 42.5 Å². The Morgan fingerprint density at radius 1 is 1.00 bits per heavy atom. The molecule has 2 N–H and O–H groups in total. The van der Waals surface area contributed by atoms with Crippen molar-refractivity contribution in [2.24, 2.45) is 0 Å². The number of aryl methyl sites for hydroxylation is 1. The zero-order valence-corrected chi connectivity index (χ0v) is 16.9. The van der Waals surface area contributed by atoms with Crippen molar-refractivity contribution in [2.75, 3.05) is 17.2 Å². The number of aromatic nitrogens is 1. The van der Waals surface area contributed by atoms with E-state index in [4.69, 9.17) is 4.74 Å². The van der Waals surface area contributed by atoms with Gasteiger partial charge in [0.1, 0.15) is 11.6 Å². The fraction of sp³-hybridized carbons (Fsp3) is 0.250. The van der Waals surface area contributed by atoms with E-state index in [9.17, 15) is 4.79 Å². The van der Waals surface area contributed by atoms with E-state index in [-0.39, 0.29) is 12.0 Å². The standard InChI is InChI=1S/C24H27N3O2/c1-18(2)29-22-13-7-6-12-21(22)27-24(28)20-14-15-23(26-17-20)25-16-8-11-19-9-4-3-5-10-19/h3-7,9-10,12-15,17-18H,8,11,16H2,1-2H3,(H,25,26)(H,27,28). The van der Waals surface area contributed by atoms with Crippen LogP contribution in [-0.2, 0) is 6.42 Å². The number of benzene rings is 2. The monoisotopic (exact) mass is 389 g/mol. The van der Waals surface area contributed by atoms with Gasteiger partial charge in [-0.25, -0.2) is 4.98 Å². The molecule has 5 heteroatoms. The average molecular weight is 389 g/mol. The van der Waals surface area contributed by atoms with E-state index in [0.717, 1.165) is 25.2 Å². The van der Waals surface area contributed by atoms with E-state index in [1.54, 1.807) is 12.3 Å². The van der Waals surface area contributed by atoms with E-state index in [2.05, 4.69) is 39.9 Å². The largest absolute Gasteiger partial charge is 0.489 e. The predicted molar refractivity (Wildman–Crippen MR) is 118 cm³/mol. The number of nitrogens with one attached hydrogen (secondary N) is 2. The molecule has 0 saturated heterocycles. The average Bonchev–Trinajstić information content (AvgIpc) is 2.73. The van der Waals surface area contributed by atoms with Crippen LogP contribution in [-0.4, -0.2) is 23.5 Å². The molecule has 0 spiro atoms. The summed E-state index contributed by atoms with van der Waals surface area (Å²) in [6, 6.07) is 21.4. The number of hydrogen-bond acceptors (Lipinski definition) is 4. The second-order valence-corrected chi connectivity index (χ2v) is 7.06. The first-order valence-corrected chi connectivity index (χ1v) is 9.92. The number of pyridine rings is 1. The van der Waals surface area contributed by atoms with Crippen LogP contribution in [0.25, 0.3) is 0 Å². The van der Waals surface area contributed by atoms with Crippen LogP contribution in [0.2, 0.25) is 0 Å². The molecule has 5 nitrogen and oxygen atoms in total. The number of hydrogen-bond donors (Lipinski definition) is 2. The lowest BCUT2D eigenvalue weighted by molar-refractivity contribution is 0.102. The Balaban J connectivity index is 1.51. The van der Waals surface area contributed by atoms with Crippen LogP contribution in [0.4, 0.5) is 11.5 Å². The van der Waals surface area contributed by atoms with Gasteiger partial charge in [0.2, 0.25) is 0 Å². The summed E-state index contributed by atoms with van der Waals surface area (Å²) in [6.07, 6.45) is 3.65. The van der Waals surface area contributed by atoms with E-state index in [1.807, 2.05) is 50.2 Å². The van der Waals surface area contributed by atoms with Crippen LogP contribution in [0, 0.1) is 0 Å². The molecule has 0 bridgehead atoms. The van der Waals surface area contributed by atoms with Crippen molar-refractivity contribution in [3.05, 3.63) is 84.1 Å². The minimum atomic E-state index is -0.215. The van der Waals surface area contributed by atoms with Crippen molar-refractivity contribution in [1.29, 1.82) is 0 Å². The Hall–Kier alpha value is -3.34. The lowest BCUT2D eigenvalue weighted by atomic mass is 10.1. The molecular formula is C24H27N3O2. The maximum atomic E-state index is 12.6. The Labute approximate surface area is 172 Å². The van der Waals surface area contributed by atoms with E-state index in [1.165, 1.54) is 5.56 Å². The van der Waals surface area contributed by atoms with Gasteiger partial charge in [-0.2, -0.15) is 0 Å². The number of nitrogens with zero attached hydrogens (tertiary/aromatic N) is 1. The molecule has 0 saturated carbocycles. The van der Waals surface area contributed by atoms with Crippen molar-refractivity contribution in [3.63, 3.8) is 0 Å². The molecule has 3 rings (SSSR count). The lowest BCUT2D eigenvalue weighted by Gasteiger charge is -2.14. The molecule has 0 unspecified atom stereocenters. The third-order valence-electron chi connectivity index (χ3n) is 4.31. The summed E-state index contributed by atoms with van der Waals surface area (Å²) in [7, 11) is 0. The molecule has 1 aromatic heterocycles.